The van der Waals surface area contributed by atoms with Crippen LogP contribution in [0.1, 0.15) is 0 Å². The summed E-state index contributed by atoms with van der Waals surface area (Å²) >= 11 is 1.45. The molecule has 0 spiro atoms. The number of rotatable bonds is 7. The molecule has 33 heavy (non-hydrogen) atoms. The molecule has 2 aromatic carbocycles. The maximum Gasteiger partial charge on any atom is 0.412 e. The first-order valence-corrected chi connectivity index (χ1v) is 11.6. The Hall–Kier alpha value is -3.64. The number of thioether (sulfide) groups is 1. The quantitative estimate of drug-likeness (QED) is 0.447. The number of nitrogens with zero attached hydrogens (tertiary/aromatic N) is 3. The molecule has 0 aliphatic carbocycles. The summed E-state index contributed by atoms with van der Waals surface area (Å²) in [5.41, 5.74) is 2.42. The van der Waals surface area contributed by atoms with Gasteiger partial charge in [0.05, 0.1) is 17.9 Å². The summed E-state index contributed by atoms with van der Waals surface area (Å²) in [4.78, 5) is 22.0. The van der Waals surface area contributed by atoms with Crippen molar-refractivity contribution in [2.24, 2.45) is 4.99 Å². The van der Waals surface area contributed by atoms with E-state index in [1.165, 1.54) is 18.8 Å². The van der Waals surface area contributed by atoms with Crippen molar-refractivity contribution < 1.29 is 14.3 Å². The Balaban J connectivity index is 0.00000122. The second-order valence-electron chi connectivity index (χ2n) is 6.67. The molecule has 2 N–H and O–H groups in total. The Labute approximate surface area is 199 Å². The molecule has 174 valence electrons. The van der Waals surface area contributed by atoms with Gasteiger partial charge in [-0.2, -0.15) is 0 Å². The van der Waals surface area contributed by atoms with Crippen LogP contribution in [0, 0.1) is 6.57 Å². The van der Waals surface area contributed by atoms with Gasteiger partial charge in [0, 0.05) is 19.3 Å². The van der Waals surface area contributed by atoms with Crippen LogP contribution in [0.2, 0.25) is 0 Å². The third-order valence-corrected chi connectivity index (χ3v) is 5.03. The molecule has 0 saturated carbocycles. The van der Waals surface area contributed by atoms with Gasteiger partial charge in [-0.25, -0.2) is 9.79 Å². The first-order valence-electron chi connectivity index (χ1n) is 10.3. The van der Waals surface area contributed by atoms with Crippen LogP contribution in [0.4, 0.5) is 21.9 Å². The Morgan fingerprint density at radius 3 is 2.79 bits per heavy atom. The van der Waals surface area contributed by atoms with E-state index in [1.54, 1.807) is 6.07 Å². The molecule has 3 rings (SSSR count). The summed E-state index contributed by atoms with van der Waals surface area (Å²) in [5.74, 6) is 0.803. The van der Waals surface area contributed by atoms with Gasteiger partial charge in [-0.05, 0) is 48.9 Å². The summed E-state index contributed by atoms with van der Waals surface area (Å²) in [5, 5.41) is 6.49. The van der Waals surface area contributed by atoms with Crippen LogP contribution in [-0.4, -0.2) is 57.8 Å². The van der Waals surface area contributed by atoms with Gasteiger partial charge in [-0.3, -0.25) is 5.32 Å². The average Bonchev–Trinajstić information content (AvgIpc) is 2.83. The molecule has 0 bridgehead atoms. The Morgan fingerprint density at radius 2 is 2.09 bits per heavy atom. The van der Waals surface area contributed by atoms with Crippen LogP contribution < -0.4 is 20.3 Å². The van der Waals surface area contributed by atoms with E-state index >= 15 is 0 Å². The summed E-state index contributed by atoms with van der Waals surface area (Å²) in [7, 11) is 3.39. The summed E-state index contributed by atoms with van der Waals surface area (Å²) in [6, 6.07) is 15.2. The highest BCUT2D eigenvalue weighted by Crippen LogP contribution is 2.34. The average molecular weight is 469 g/mol. The van der Waals surface area contributed by atoms with E-state index in [1.807, 2.05) is 68.0 Å². The van der Waals surface area contributed by atoms with Crippen molar-refractivity contribution >= 4 is 40.0 Å². The van der Waals surface area contributed by atoms with Crippen LogP contribution in [0.5, 0.6) is 5.75 Å². The number of amides is 1. The zero-order valence-electron chi connectivity index (χ0n) is 19.2. The number of ether oxygens (including phenoxy) is 2. The standard InChI is InChI=1S/C22H26N4O3S.C2H4N/c1-23-11-6-12-26-13-14-28-20-10-9-18(15-19(20)26)25-22(27)29-16-21(30-2)24-17-7-4-3-5-8-17;1-3-2/h3-11,15,23H,12-14,16H2,1-2H3,(H,25,27);1H,2H3/q;+1/b11-6+,24-21?;. The van der Waals surface area contributed by atoms with Crippen LogP contribution in [0.25, 0.3) is 4.85 Å². The molecule has 8 nitrogen and oxygen atoms in total. The minimum Gasteiger partial charge on any atom is -0.490 e. The molecule has 0 saturated heterocycles. The number of carbonyl (C=O) groups is 1. The minimum atomic E-state index is -0.525. The third kappa shape index (κ3) is 8.79. The number of benzene rings is 2. The Bertz CT molecular complexity index is 989. The van der Waals surface area contributed by atoms with E-state index in [2.05, 4.69) is 31.9 Å². The van der Waals surface area contributed by atoms with Gasteiger partial charge in [-0.1, -0.05) is 23.0 Å². The molecule has 1 amide bonds. The zero-order chi connectivity index (χ0) is 23.9. The fourth-order valence-electron chi connectivity index (χ4n) is 2.90. The second kappa shape index (κ2) is 14.4. The molecule has 0 unspecified atom stereocenters. The van der Waals surface area contributed by atoms with Crippen molar-refractivity contribution in [3.05, 3.63) is 65.7 Å². The number of hydrogen-bond donors (Lipinski definition) is 2. The number of hydrogen-bond acceptors (Lipinski definition) is 7. The van der Waals surface area contributed by atoms with Gasteiger partial charge in [0.15, 0.2) is 0 Å². The molecule has 1 aliphatic heterocycles. The van der Waals surface area contributed by atoms with Gasteiger partial charge >= 0.3 is 6.09 Å². The number of aliphatic imine (C=N–C) groups is 1. The number of fused-ring (bicyclic) bond motifs is 1. The number of nitrogens with one attached hydrogen (secondary N) is 2. The monoisotopic (exact) mass is 468 g/mol. The van der Waals surface area contributed by atoms with Gasteiger partial charge in [0.25, 0.3) is 13.6 Å². The van der Waals surface area contributed by atoms with E-state index in [9.17, 15) is 4.79 Å². The van der Waals surface area contributed by atoms with Crippen LogP contribution in [0.3, 0.4) is 0 Å². The molecule has 0 aromatic heterocycles. The lowest BCUT2D eigenvalue weighted by Gasteiger charge is -2.30. The maximum atomic E-state index is 12.3. The largest absolute Gasteiger partial charge is 0.490 e. The lowest BCUT2D eigenvalue weighted by Crippen LogP contribution is -2.33. The van der Waals surface area contributed by atoms with Gasteiger partial charge in [0.1, 0.15) is 24.0 Å². The van der Waals surface area contributed by atoms with E-state index in [-0.39, 0.29) is 6.61 Å². The molecule has 1 aliphatic rings. The minimum absolute atomic E-state index is 0.108. The maximum absolute atomic E-state index is 12.3. The summed E-state index contributed by atoms with van der Waals surface area (Å²) in [6.45, 7) is 6.74. The third-order valence-electron chi connectivity index (χ3n) is 4.35. The second-order valence-corrected chi connectivity index (χ2v) is 7.55. The first-order chi connectivity index (χ1) is 16.1. The van der Waals surface area contributed by atoms with Crippen molar-refractivity contribution in [2.45, 2.75) is 0 Å². The molecule has 2 aromatic rings. The SMILES string of the molecule is C#[N+]C.CN/C=C/CN1CCOc2ccc(NC(=O)OCC(=Nc3ccccc3)SC)cc21. The van der Waals surface area contributed by atoms with E-state index in [4.69, 9.17) is 9.47 Å². The molecular formula is C24H30N5O3S+. The van der Waals surface area contributed by atoms with E-state index < -0.39 is 6.09 Å². The Morgan fingerprint density at radius 1 is 1.33 bits per heavy atom. The predicted molar refractivity (Wildman–Crippen MR) is 139 cm³/mol. The van der Waals surface area contributed by atoms with Crippen molar-refractivity contribution in [3.63, 3.8) is 0 Å². The molecular weight excluding hydrogens is 438 g/mol. The molecule has 0 fully saturated rings. The van der Waals surface area contributed by atoms with E-state index in [0.717, 1.165) is 35.3 Å². The van der Waals surface area contributed by atoms with Gasteiger partial charge < -0.3 is 19.7 Å². The number of anilines is 2. The van der Waals surface area contributed by atoms with Gasteiger partial charge in [0.2, 0.25) is 0 Å². The normalized spacial score (nSPS) is 12.5. The molecule has 9 heteroatoms. The molecule has 0 radical (unpaired) electrons. The van der Waals surface area contributed by atoms with Crippen LogP contribution in [-0.2, 0) is 4.74 Å². The molecule has 1 heterocycles. The smallest absolute Gasteiger partial charge is 0.412 e. The summed E-state index contributed by atoms with van der Waals surface area (Å²) < 4.78 is 11.1. The highest BCUT2D eigenvalue weighted by Gasteiger charge is 2.18. The number of para-hydroxylation sites is 1. The lowest BCUT2D eigenvalue weighted by molar-refractivity contribution is 0.178. The summed E-state index contributed by atoms with van der Waals surface area (Å²) in [6.07, 6.45) is 5.32. The van der Waals surface area contributed by atoms with Crippen molar-refractivity contribution in [2.75, 3.05) is 56.9 Å². The molecule has 0 atom stereocenters. The van der Waals surface area contributed by atoms with Crippen LogP contribution in [0.15, 0.2) is 65.8 Å². The van der Waals surface area contributed by atoms with Crippen molar-refractivity contribution in [1.29, 1.82) is 0 Å². The van der Waals surface area contributed by atoms with Crippen molar-refractivity contribution in [1.82, 2.24) is 5.32 Å². The zero-order valence-corrected chi connectivity index (χ0v) is 20.0. The highest BCUT2D eigenvalue weighted by molar-refractivity contribution is 8.13. The first kappa shape index (κ1) is 25.6. The fourth-order valence-corrected chi connectivity index (χ4v) is 3.28. The predicted octanol–water partition coefficient (Wildman–Crippen LogP) is 4.84. The highest BCUT2D eigenvalue weighted by atomic mass is 32.2. The number of carbonyl (C=O) groups excluding carboxylic acids is 1. The van der Waals surface area contributed by atoms with Gasteiger partial charge in [-0.15, -0.1) is 11.8 Å². The van der Waals surface area contributed by atoms with Crippen LogP contribution >= 0.6 is 11.8 Å². The van der Waals surface area contributed by atoms with E-state index in [0.29, 0.717) is 12.3 Å². The topological polar surface area (TPSA) is 79.5 Å². The Kier molecular flexibility index (Phi) is 11.2. The lowest BCUT2D eigenvalue weighted by atomic mass is 10.2. The van der Waals surface area contributed by atoms with Crippen molar-refractivity contribution in [3.8, 4) is 12.3 Å². The fraction of sp³-hybridized carbons (Fsp3) is 0.292.